The van der Waals surface area contributed by atoms with Gasteiger partial charge in [0.2, 0.25) is 5.91 Å². The first-order chi connectivity index (χ1) is 9.20. The van der Waals surface area contributed by atoms with E-state index in [-0.39, 0.29) is 18.3 Å². The monoisotopic (exact) mass is 316 g/mol. The zero-order valence-electron chi connectivity index (χ0n) is 11.8. The molecule has 0 unspecified atom stereocenters. The Balaban J connectivity index is 0.00000200. The number of carbonyl (C=O) groups excluding carboxylic acids is 1. The molecule has 1 aromatic rings. The zero-order chi connectivity index (χ0) is 13.7. The maximum atomic E-state index is 12.4. The second-order valence-corrected chi connectivity index (χ2v) is 5.45. The average Bonchev–Trinajstić information content (AvgIpc) is 2.41. The maximum absolute atomic E-state index is 12.4. The Morgan fingerprint density at radius 1 is 1.40 bits per heavy atom. The van der Waals surface area contributed by atoms with Gasteiger partial charge in [-0.15, -0.1) is 12.4 Å². The molecule has 1 N–H and O–H groups in total. The van der Waals surface area contributed by atoms with Crippen molar-refractivity contribution < 1.29 is 4.79 Å². The molecule has 0 aromatic heterocycles. The number of piperidine rings is 1. The van der Waals surface area contributed by atoms with Gasteiger partial charge in [0.1, 0.15) is 0 Å². The third-order valence-corrected chi connectivity index (χ3v) is 3.89. The van der Waals surface area contributed by atoms with Crippen molar-refractivity contribution >= 4 is 35.6 Å². The fourth-order valence-electron chi connectivity index (χ4n) is 2.59. The summed E-state index contributed by atoms with van der Waals surface area (Å²) in [6.07, 6.45) is 2.83. The standard InChI is InChI=1S/C15H21ClN2O.ClH/c1-2-18(14-5-3-4-13(16)11-14)15(19)10-12-6-8-17-9-7-12;/h3-5,11-12,17H,2,6-10H2,1H3;1H. The highest BCUT2D eigenvalue weighted by Crippen LogP contribution is 2.23. The molecule has 0 saturated carbocycles. The molecule has 0 bridgehead atoms. The molecule has 0 atom stereocenters. The lowest BCUT2D eigenvalue weighted by molar-refractivity contribution is -0.119. The number of nitrogens with zero attached hydrogens (tertiary/aromatic N) is 1. The second kappa shape index (κ2) is 8.50. The van der Waals surface area contributed by atoms with Gasteiger partial charge >= 0.3 is 0 Å². The maximum Gasteiger partial charge on any atom is 0.227 e. The van der Waals surface area contributed by atoms with Crippen molar-refractivity contribution in [3.05, 3.63) is 29.3 Å². The number of halogens is 2. The summed E-state index contributed by atoms with van der Waals surface area (Å²) in [4.78, 5) is 14.2. The summed E-state index contributed by atoms with van der Waals surface area (Å²) < 4.78 is 0. The number of anilines is 1. The lowest BCUT2D eigenvalue weighted by Gasteiger charge is -2.26. The van der Waals surface area contributed by atoms with E-state index in [1.54, 1.807) is 0 Å². The molecule has 1 aliphatic heterocycles. The number of nitrogens with one attached hydrogen (secondary N) is 1. The van der Waals surface area contributed by atoms with Crippen molar-refractivity contribution in [1.29, 1.82) is 0 Å². The Kier molecular flexibility index (Phi) is 7.35. The van der Waals surface area contributed by atoms with Crippen molar-refractivity contribution in [2.75, 3.05) is 24.5 Å². The fraction of sp³-hybridized carbons (Fsp3) is 0.533. The van der Waals surface area contributed by atoms with Gasteiger partial charge in [0.05, 0.1) is 0 Å². The molecule has 0 aliphatic carbocycles. The van der Waals surface area contributed by atoms with Gasteiger partial charge in [-0.05, 0) is 57.0 Å². The molecule has 5 heteroatoms. The molecule has 0 spiro atoms. The van der Waals surface area contributed by atoms with Crippen LogP contribution in [0.5, 0.6) is 0 Å². The first-order valence-corrected chi connectivity index (χ1v) is 7.35. The summed E-state index contributed by atoms with van der Waals surface area (Å²) in [6, 6.07) is 7.51. The van der Waals surface area contributed by atoms with E-state index in [1.807, 2.05) is 36.1 Å². The first-order valence-electron chi connectivity index (χ1n) is 6.97. The van der Waals surface area contributed by atoms with Gasteiger partial charge in [-0.3, -0.25) is 4.79 Å². The van der Waals surface area contributed by atoms with Crippen LogP contribution in [0.3, 0.4) is 0 Å². The van der Waals surface area contributed by atoms with Crippen LogP contribution in [0.1, 0.15) is 26.2 Å². The molecule has 3 nitrogen and oxygen atoms in total. The minimum Gasteiger partial charge on any atom is -0.317 e. The van der Waals surface area contributed by atoms with Crippen LogP contribution in [0.4, 0.5) is 5.69 Å². The van der Waals surface area contributed by atoms with Gasteiger partial charge in [0.15, 0.2) is 0 Å². The van der Waals surface area contributed by atoms with Gasteiger partial charge in [0, 0.05) is 23.7 Å². The predicted molar refractivity (Wildman–Crippen MR) is 86.9 cm³/mol. The quantitative estimate of drug-likeness (QED) is 0.922. The molecule has 20 heavy (non-hydrogen) atoms. The van der Waals surface area contributed by atoms with E-state index in [0.717, 1.165) is 31.6 Å². The first kappa shape index (κ1) is 17.3. The predicted octanol–water partition coefficient (Wildman–Crippen LogP) is 3.50. The van der Waals surface area contributed by atoms with Crippen LogP contribution in [-0.4, -0.2) is 25.5 Å². The molecular formula is C15H22Cl2N2O. The van der Waals surface area contributed by atoms with E-state index in [1.165, 1.54) is 0 Å². The third-order valence-electron chi connectivity index (χ3n) is 3.66. The van der Waals surface area contributed by atoms with Gasteiger partial charge < -0.3 is 10.2 Å². The highest BCUT2D eigenvalue weighted by atomic mass is 35.5. The third kappa shape index (κ3) is 4.65. The van der Waals surface area contributed by atoms with Crippen LogP contribution in [0.25, 0.3) is 0 Å². The largest absolute Gasteiger partial charge is 0.317 e. The summed E-state index contributed by atoms with van der Waals surface area (Å²) in [6.45, 7) is 4.74. The molecule has 1 heterocycles. The Morgan fingerprint density at radius 2 is 2.10 bits per heavy atom. The second-order valence-electron chi connectivity index (χ2n) is 5.02. The fourth-order valence-corrected chi connectivity index (χ4v) is 2.77. The molecule has 1 aromatic carbocycles. The Hall–Kier alpha value is -0.770. The van der Waals surface area contributed by atoms with Gasteiger partial charge in [-0.1, -0.05) is 17.7 Å². The zero-order valence-corrected chi connectivity index (χ0v) is 13.3. The molecule has 112 valence electrons. The molecule has 2 rings (SSSR count). The van der Waals surface area contributed by atoms with Crippen LogP contribution in [0, 0.1) is 5.92 Å². The Labute approximate surface area is 132 Å². The van der Waals surface area contributed by atoms with Gasteiger partial charge in [0.25, 0.3) is 0 Å². The molecule has 1 aliphatic rings. The van der Waals surface area contributed by atoms with Crippen molar-refractivity contribution in [3.8, 4) is 0 Å². The number of amides is 1. The van der Waals surface area contributed by atoms with Crippen molar-refractivity contribution in [2.24, 2.45) is 5.92 Å². The van der Waals surface area contributed by atoms with E-state index in [4.69, 9.17) is 11.6 Å². The molecule has 1 saturated heterocycles. The average molecular weight is 317 g/mol. The summed E-state index contributed by atoms with van der Waals surface area (Å²) in [5.41, 5.74) is 0.897. The smallest absolute Gasteiger partial charge is 0.227 e. The van der Waals surface area contributed by atoms with E-state index in [2.05, 4.69) is 5.32 Å². The molecule has 1 fully saturated rings. The Bertz CT molecular complexity index is 434. The van der Waals surface area contributed by atoms with Crippen LogP contribution in [0.2, 0.25) is 5.02 Å². The molecule has 0 radical (unpaired) electrons. The minimum atomic E-state index is 0. The topological polar surface area (TPSA) is 32.3 Å². The number of benzene rings is 1. The summed E-state index contributed by atoms with van der Waals surface area (Å²) >= 11 is 6.00. The highest BCUT2D eigenvalue weighted by molar-refractivity contribution is 6.30. The highest BCUT2D eigenvalue weighted by Gasteiger charge is 2.21. The van der Waals surface area contributed by atoms with Crippen LogP contribution < -0.4 is 10.2 Å². The summed E-state index contributed by atoms with van der Waals surface area (Å²) in [5, 5.41) is 4.00. The number of rotatable bonds is 4. The number of carbonyl (C=O) groups is 1. The van der Waals surface area contributed by atoms with E-state index < -0.39 is 0 Å². The summed E-state index contributed by atoms with van der Waals surface area (Å²) in [5.74, 6) is 0.721. The molecule has 1 amide bonds. The Morgan fingerprint density at radius 3 is 2.70 bits per heavy atom. The van der Waals surface area contributed by atoms with E-state index in [0.29, 0.717) is 23.9 Å². The normalized spacial score (nSPS) is 15.5. The number of hydrogen-bond acceptors (Lipinski definition) is 2. The van der Waals surface area contributed by atoms with Gasteiger partial charge in [-0.2, -0.15) is 0 Å². The van der Waals surface area contributed by atoms with E-state index in [9.17, 15) is 4.79 Å². The lowest BCUT2D eigenvalue weighted by atomic mass is 9.94. The van der Waals surface area contributed by atoms with Crippen LogP contribution in [-0.2, 0) is 4.79 Å². The number of hydrogen-bond donors (Lipinski definition) is 1. The van der Waals surface area contributed by atoms with Crippen molar-refractivity contribution in [3.63, 3.8) is 0 Å². The van der Waals surface area contributed by atoms with Crippen LogP contribution in [0.15, 0.2) is 24.3 Å². The van der Waals surface area contributed by atoms with Crippen LogP contribution >= 0.6 is 24.0 Å². The minimum absolute atomic E-state index is 0. The lowest BCUT2D eigenvalue weighted by Crippen LogP contribution is -2.35. The summed E-state index contributed by atoms with van der Waals surface area (Å²) in [7, 11) is 0. The molecular weight excluding hydrogens is 295 g/mol. The van der Waals surface area contributed by atoms with E-state index >= 15 is 0 Å². The van der Waals surface area contributed by atoms with Crippen molar-refractivity contribution in [1.82, 2.24) is 5.32 Å². The SMILES string of the molecule is CCN(C(=O)CC1CCNCC1)c1cccc(Cl)c1.Cl. The van der Waals surface area contributed by atoms with Gasteiger partial charge in [-0.25, -0.2) is 0 Å². The van der Waals surface area contributed by atoms with Crippen molar-refractivity contribution in [2.45, 2.75) is 26.2 Å².